The predicted molar refractivity (Wildman–Crippen MR) is 368 cm³/mol. The Kier molecular flexibility index (Phi) is 22.2. The lowest BCUT2D eigenvalue weighted by Crippen LogP contribution is -2.39. The van der Waals surface area contributed by atoms with E-state index in [9.17, 15) is 24.0 Å². The van der Waals surface area contributed by atoms with E-state index in [4.69, 9.17) is 24.4 Å². The van der Waals surface area contributed by atoms with E-state index in [1.165, 1.54) is 50.9 Å². The maximum absolute atomic E-state index is 12.6. The van der Waals surface area contributed by atoms with Crippen molar-refractivity contribution in [3.63, 3.8) is 0 Å². The van der Waals surface area contributed by atoms with Crippen LogP contribution in [0.5, 0.6) is 0 Å². The highest BCUT2D eigenvalue weighted by Crippen LogP contribution is 2.49. The van der Waals surface area contributed by atoms with Crippen LogP contribution in [0.2, 0.25) is 0 Å². The molecular weight excluding hydrogens is 1240 g/mol. The van der Waals surface area contributed by atoms with Crippen LogP contribution >= 0.6 is 68.0 Å². The van der Waals surface area contributed by atoms with Gasteiger partial charge in [-0.1, -0.05) is 43.0 Å². The summed E-state index contributed by atoms with van der Waals surface area (Å²) in [6.45, 7) is 19.9. The molecule has 0 unspecified atom stereocenters. The summed E-state index contributed by atoms with van der Waals surface area (Å²) in [6, 6.07) is 24.2. The molecule has 470 valence electrons. The first kappa shape index (κ1) is 66.4. The van der Waals surface area contributed by atoms with Crippen LogP contribution in [0.3, 0.4) is 0 Å². The lowest BCUT2D eigenvalue weighted by molar-refractivity contribution is -0.116. The summed E-state index contributed by atoms with van der Waals surface area (Å²) in [5.74, 6) is -0.257. The summed E-state index contributed by atoms with van der Waals surface area (Å²) >= 11 is 9.63. The highest BCUT2D eigenvalue weighted by Gasteiger charge is 2.34. The molecule has 0 saturated heterocycles. The summed E-state index contributed by atoms with van der Waals surface area (Å²) < 4.78 is 14.5. The average molecular weight is 1320 g/mol. The normalized spacial score (nSPS) is 13.6. The number of rotatable bonds is 13. The second kappa shape index (κ2) is 29.7. The molecule has 3 aliphatic heterocycles. The van der Waals surface area contributed by atoms with Gasteiger partial charge < -0.3 is 56.9 Å². The summed E-state index contributed by atoms with van der Waals surface area (Å²) in [6.07, 6.45) is 3.84. The van der Waals surface area contributed by atoms with Gasteiger partial charge in [0.25, 0.3) is 0 Å². The average Bonchev–Trinajstić information content (AvgIpc) is 2.09. The number of anilines is 3. The minimum atomic E-state index is -0.540. The number of para-hydroxylation sites is 3. The number of amides is 5. The summed E-state index contributed by atoms with van der Waals surface area (Å²) in [5.41, 5.74) is 13.0. The van der Waals surface area contributed by atoms with E-state index in [1.54, 1.807) is 55.1 Å². The minimum absolute atomic E-state index is 0.0377. The molecule has 0 radical (unpaired) electrons. The molecule has 9 aromatic rings. The first-order chi connectivity index (χ1) is 42.8. The molecule has 6 aromatic heterocycles. The van der Waals surface area contributed by atoms with Crippen molar-refractivity contribution in [2.45, 2.75) is 104 Å². The second-order valence-electron chi connectivity index (χ2n) is 22.8. The van der Waals surface area contributed by atoms with Gasteiger partial charge in [-0.05, 0) is 148 Å². The van der Waals surface area contributed by atoms with Crippen molar-refractivity contribution in [1.29, 1.82) is 0 Å². The summed E-state index contributed by atoms with van der Waals surface area (Å²) in [7, 11) is 5.18. The Bertz CT molecular complexity index is 3910. The largest absolute Gasteiger partial charge is 0.444 e. The fraction of sp³-hybridized carbons (Fsp3) is 0.375. The van der Waals surface area contributed by atoms with Crippen LogP contribution in [0.25, 0.3) is 62.4 Å². The van der Waals surface area contributed by atoms with E-state index in [1.807, 2.05) is 116 Å². The zero-order chi connectivity index (χ0) is 63.6. The summed E-state index contributed by atoms with van der Waals surface area (Å²) in [5, 5.41) is 23.9. The summed E-state index contributed by atoms with van der Waals surface area (Å²) in [4.78, 5) is 83.4. The Labute approximate surface area is 542 Å². The number of thiophene rings is 3. The van der Waals surface area contributed by atoms with Gasteiger partial charge in [-0.15, -0.1) is 68.0 Å². The van der Waals surface area contributed by atoms with Crippen LogP contribution in [0.15, 0.2) is 85.5 Å². The highest BCUT2D eigenvalue weighted by molar-refractivity contribution is 7.24. The van der Waals surface area contributed by atoms with Crippen molar-refractivity contribution in [2.24, 2.45) is 5.73 Å². The number of nitrogens with two attached hydrogens (primary N) is 1. The van der Waals surface area contributed by atoms with Crippen molar-refractivity contribution >= 4 is 144 Å². The Hall–Kier alpha value is -7.04. The third kappa shape index (κ3) is 16.5. The molecule has 89 heavy (non-hydrogen) atoms. The van der Waals surface area contributed by atoms with Crippen molar-refractivity contribution in [3.8, 4) is 31.7 Å². The van der Waals surface area contributed by atoms with E-state index < -0.39 is 11.2 Å². The molecule has 0 bridgehead atoms. The van der Waals surface area contributed by atoms with Gasteiger partial charge in [0.05, 0.1) is 43.7 Å². The fourth-order valence-electron chi connectivity index (χ4n) is 10.0. The zero-order valence-corrected chi connectivity index (χ0v) is 56.4. The van der Waals surface area contributed by atoms with Crippen LogP contribution in [0, 0.1) is 0 Å². The van der Waals surface area contributed by atoms with Gasteiger partial charge in [0.15, 0.2) is 0 Å². The molecule has 5 amide bonds. The number of benzene rings is 3. The SMILES string of the molecule is C=CC(=O)Nc1sc2c(c1-c1nc3ccccc3s1)CCN(C(=O)OC(C)(C)C)C2.CN.CNCCC(=O)Nc1sc2c(c1-c1nc3ccccc3s1)CCN(C(=O)OC(C)(C)C)C2.CNCCC(=O)Nc1sc2c(c1-c1nc3ccccc3s1)CCNC2. The van der Waals surface area contributed by atoms with Crippen LogP contribution in [-0.2, 0) is 62.8 Å². The van der Waals surface area contributed by atoms with Crippen LogP contribution in [-0.4, -0.2) is 120 Å². The minimum Gasteiger partial charge on any atom is -0.444 e. The van der Waals surface area contributed by atoms with Gasteiger partial charge in [-0.2, -0.15) is 0 Å². The molecule has 8 N–H and O–H groups in total. The topological polar surface area (TPSA) is 247 Å². The Morgan fingerprint density at radius 2 is 0.933 bits per heavy atom. The Balaban J connectivity index is 0.000000157. The molecule has 0 saturated carbocycles. The lowest BCUT2D eigenvalue weighted by atomic mass is 10.0. The number of hydrogen-bond donors (Lipinski definition) is 7. The van der Waals surface area contributed by atoms with Gasteiger partial charge in [0.1, 0.15) is 41.2 Å². The molecule has 0 aliphatic carbocycles. The van der Waals surface area contributed by atoms with Gasteiger partial charge >= 0.3 is 12.2 Å². The standard InChI is InChI=1S/C23H28N4O3S2.C22H23N3O3S2.C18H20N4OS2.CH5N/c1-23(2,3)30-22(29)27-12-10-14-17(13-27)32-21(26-18(28)9-11-24-4)19(14)20-25-15-7-5-6-8-16(15)31-20;1-5-17(26)24-20-18(19-23-14-8-6-7-9-15(14)29-19)13-10-11-25(12-16(13)30-20)21(27)28-22(2,3)4;1-19-8-7-15(23)22-18-16(11-6-9-20-10-14(11)25-18)17-21-12-4-2-3-5-13(12)24-17;1-2/h5-8,24H,9-13H2,1-4H3,(H,26,28);5-9H,1,10-12H2,2-4H3,(H,24,26);2-5,19-20H,6-10H2,1H3,(H,22,23);2H2,1H3. The van der Waals surface area contributed by atoms with E-state index in [0.29, 0.717) is 65.0 Å². The molecule has 12 rings (SSSR count). The quantitative estimate of drug-likeness (QED) is 0.0531. The Morgan fingerprint density at radius 3 is 1.30 bits per heavy atom. The first-order valence-corrected chi connectivity index (χ1v) is 34.2. The molecule has 25 heteroatoms. The molecular formula is C64H76N12O7S6. The number of carbonyl (C=O) groups is 5. The number of fused-ring (bicyclic) bond motifs is 6. The fourth-order valence-corrected chi connectivity index (χ4v) is 17.1. The molecule has 0 atom stereocenters. The van der Waals surface area contributed by atoms with E-state index in [0.717, 1.165) is 113 Å². The van der Waals surface area contributed by atoms with Crippen molar-refractivity contribution < 1.29 is 33.4 Å². The number of thiazole rings is 3. The molecule has 3 aliphatic rings. The third-order valence-electron chi connectivity index (χ3n) is 14.0. The van der Waals surface area contributed by atoms with E-state index in [2.05, 4.69) is 56.3 Å². The number of aromatic nitrogens is 3. The zero-order valence-electron chi connectivity index (χ0n) is 51.5. The smallest absolute Gasteiger partial charge is 0.410 e. The van der Waals surface area contributed by atoms with Gasteiger partial charge in [0, 0.05) is 76.9 Å². The third-order valence-corrected chi connectivity index (χ3v) is 20.6. The Morgan fingerprint density at radius 1 is 0.562 bits per heavy atom. The molecule has 0 fully saturated rings. The maximum Gasteiger partial charge on any atom is 0.410 e. The lowest BCUT2D eigenvalue weighted by Gasteiger charge is -2.30. The number of hydrogen-bond acceptors (Lipinski definition) is 20. The van der Waals surface area contributed by atoms with Crippen molar-refractivity contribution in [3.05, 3.63) is 117 Å². The number of ether oxygens (including phenoxy) is 2. The monoisotopic (exact) mass is 1320 g/mol. The predicted octanol–water partition coefficient (Wildman–Crippen LogP) is 13.1. The van der Waals surface area contributed by atoms with Crippen molar-refractivity contribution in [1.82, 2.24) is 40.7 Å². The van der Waals surface area contributed by atoms with E-state index >= 15 is 0 Å². The molecule has 9 heterocycles. The highest BCUT2D eigenvalue weighted by atomic mass is 32.1. The van der Waals surface area contributed by atoms with Gasteiger partial charge in [0.2, 0.25) is 17.7 Å². The number of nitrogens with one attached hydrogen (secondary N) is 6. The van der Waals surface area contributed by atoms with E-state index in [-0.39, 0.29) is 29.9 Å². The maximum atomic E-state index is 12.6. The van der Waals surface area contributed by atoms with Gasteiger partial charge in [-0.25, -0.2) is 24.5 Å². The van der Waals surface area contributed by atoms with Crippen LogP contribution in [0.4, 0.5) is 24.6 Å². The number of carbonyl (C=O) groups excluding carboxylic acids is 5. The number of nitrogens with zero attached hydrogens (tertiary/aromatic N) is 5. The van der Waals surface area contributed by atoms with Crippen LogP contribution < -0.4 is 37.6 Å². The molecule has 3 aromatic carbocycles. The van der Waals surface area contributed by atoms with Crippen LogP contribution in [0.1, 0.15) is 85.7 Å². The molecule has 19 nitrogen and oxygen atoms in total. The first-order valence-electron chi connectivity index (χ1n) is 29.3. The van der Waals surface area contributed by atoms with Gasteiger partial charge in [-0.3, -0.25) is 14.4 Å². The van der Waals surface area contributed by atoms with Crippen molar-refractivity contribution in [2.75, 3.05) is 69.8 Å². The molecule has 0 spiro atoms. The second-order valence-corrected chi connectivity index (χ2v) is 29.2.